The quantitative estimate of drug-likeness (QED) is 0.466. The number of hydrogen-bond donors (Lipinski definition) is 1. The highest BCUT2D eigenvalue weighted by Crippen LogP contribution is 2.20. The van der Waals surface area contributed by atoms with Crippen molar-refractivity contribution >= 4 is 11.8 Å². The second-order valence-corrected chi connectivity index (χ2v) is 5.48. The predicted octanol–water partition coefficient (Wildman–Crippen LogP) is 2.25. The van der Waals surface area contributed by atoms with E-state index in [-0.39, 0.29) is 0 Å². The fraction of sp³-hybridized carbons (Fsp3) is 0.692. The van der Waals surface area contributed by atoms with Gasteiger partial charge in [0.05, 0.1) is 6.10 Å². The lowest BCUT2D eigenvalue weighted by molar-refractivity contribution is 0.129. The van der Waals surface area contributed by atoms with Crippen LogP contribution in [0.1, 0.15) is 31.7 Å². The maximum absolute atomic E-state index is 5.58. The number of nitrogens with one attached hydrogen (secondary N) is 1. The molecule has 2 heterocycles. The summed E-state index contributed by atoms with van der Waals surface area (Å²) in [6.45, 7) is 4.96. The van der Waals surface area contributed by atoms with Crippen LogP contribution in [-0.2, 0) is 11.3 Å². The van der Waals surface area contributed by atoms with Gasteiger partial charge in [-0.25, -0.2) is 9.97 Å². The number of rotatable bonds is 7. The first kappa shape index (κ1) is 13.8. The molecule has 0 saturated carbocycles. The van der Waals surface area contributed by atoms with E-state index in [1.807, 2.05) is 12.4 Å². The van der Waals surface area contributed by atoms with Gasteiger partial charge in [0.15, 0.2) is 5.16 Å². The van der Waals surface area contributed by atoms with Crippen LogP contribution in [-0.4, -0.2) is 35.0 Å². The average molecular weight is 267 g/mol. The van der Waals surface area contributed by atoms with Gasteiger partial charge in [0.25, 0.3) is 0 Å². The zero-order chi connectivity index (χ0) is 12.6. The van der Waals surface area contributed by atoms with Crippen LogP contribution in [0, 0.1) is 0 Å². The number of aromatic nitrogens is 2. The van der Waals surface area contributed by atoms with E-state index in [0.29, 0.717) is 6.10 Å². The molecule has 100 valence electrons. The summed E-state index contributed by atoms with van der Waals surface area (Å²) in [5, 5.41) is 4.19. The van der Waals surface area contributed by atoms with Crippen LogP contribution < -0.4 is 5.32 Å². The standard InChI is InChI=1S/C13H21N3OS/c1-2-5-14-7-11-8-15-13(16-9-11)18-10-12-4-3-6-17-12/h8-9,12,14H,2-7,10H2,1H3. The van der Waals surface area contributed by atoms with E-state index in [4.69, 9.17) is 4.74 Å². The summed E-state index contributed by atoms with van der Waals surface area (Å²) >= 11 is 1.69. The topological polar surface area (TPSA) is 47.0 Å². The molecule has 0 amide bonds. The predicted molar refractivity (Wildman–Crippen MR) is 73.7 cm³/mol. The smallest absolute Gasteiger partial charge is 0.187 e. The molecule has 5 heteroatoms. The zero-order valence-corrected chi connectivity index (χ0v) is 11.7. The third kappa shape index (κ3) is 4.55. The molecule has 1 fully saturated rings. The van der Waals surface area contributed by atoms with Gasteiger partial charge >= 0.3 is 0 Å². The summed E-state index contributed by atoms with van der Waals surface area (Å²) in [5.41, 5.74) is 1.14. The van der Waals surface area contributed by atoms with Crippen molar-refractivity contribution < 1.29 is 4.74 Å². The molecule has 1 N–H and O–H groups in total. The van der Waals surface area contributed by atoms with E-state index in [0.717, 1.165) is 42.6 Å². The Kier molecular flexibility index (Phi) is 5.90. The maximum Gasteiger partial charge on any atom is 0.187 e. The van der Waals surface area contributed by atoms with Gasteiger partial charge in [0, 0.05) is 36.9 Å². The summed E-state index contributed by atoms with van der Waals surface area (Å²) in [5.74, 6) is 0.966. The first-order chi connectivity index (χ1) is 8.88. The van der Waals surface area contributed by atoms with Crippen LogP contribution in [0.25, 0.3) is 0 Å². The minimum absolute atomic E-state index is 0.393. The number of ether oxygens (including phenoxy) is 1. The molecule has 0 spiro atoms. The Morgan fingerprint density at radius 3 is 2.94 bits per heavy atom. The van der Waals surface area contributed by atoms with Gasteiger partial charge < -0.3 is 10.1 Å². The summed E-state index contributed by atoms with van der Waals surface area (Å²) in [6, 6.07) is 0. The highest BCUT2D eigenvalue weighted by atomic mass is 32.2. The van der Waals surface area contributed by atoms with Gasteiger partial charge in [-0.05, 0) is 25.8 Å². The van der Waals surface area contributed by atoms with Crippen LogP contribution in [0.2, 0.25) is 0 Å². The van der Waals surface area contributed by atoms with Crippen LogP contribution in [0.3, 0.4) is 0 Å². The van der Waals surface area contributed by atoms with Gasteiger partial charge in [-0.15, -0.1) is 0 Å². The van der Waals surface area contributed by atoms with Crippen LogP contribution in [0.5, 0.6) is 0 Å². The Hall–Kier alpha value is -0.650. The van der Waals surface area contributed by atoms with E-state index in [1.165, 1.54) is 12.8 Å². The maximum atomic E-state index is 5.58. The average Bonchev–Trinajstić information content (AvgIpc) is 2.91. The Balaban J connectivity index is 1.72. The highest BCUT2D eigenvalue weighted by Gasteiger charge is 2.15. The van der Waals surface area contributed by atoms with E-state index >= 15 is 0 Å². The van der Waals surface area contributed by atoms with Crippen molar-refractivity contribution in [2.75, 3.05) is 18.9 Å². The largest absolute Gasteiger partial charge is 0.377 e. The van der Waals surface area contributed by atoms with Crippen molar-refractivity contribution in [2.45, 2.75) is 44.0 Å². The lowest BCUT2D eigenvalue weighted by atomic mass is 10.3. The number of nitrogens with zero attached hydrogens (tertiary/aromatic N) is 2. The van der Waals surface area contributed by atoms with Gasteiger partial charge in [-0.2, -0.15) is 0 Å². The van der Waals surface area contributed by atoms with Gasteiger partial charge in [-0.3, -0.25) is 0 Å². The molecule has 1 aromatic rings. The van der Waals surface area contributed by atoms with Gasteiger partial charge in [0.2, 0.25) is 0 Å². The fourth-order valence-corrected chi connectivity index (χ4v) is 2.71. The van der Waals surface area contributed by atoms with E-state index in [1.54, 1.807) is 11.8 Å². The molecule has 1 aromatic heterocycles. The lowest BCUT2D eigenvalue weighted by Crippen LogP contribution is -2.14. The van der Waals surface area contributed by atoms with E-state index in [9.17, 15) is 0 Å². The summed E-state index contributed by atoms with van der Waals surface area (Å²) in [4.78, 5) is 8.75. The molecule has 0 radical (unpaired) electrons. The lowest BCUT2D eigenvalue weighted by Gasteiger charge is -2.07. The first-order valence-corrected chi connectivity index (χ1v) is 7.63. The SMILES string of the molecule is CCCNCc1cnc(SCC2CCCO2)nc1. The second kappa shape index (κ2) is 7.71. The first-order valence-electron chi connectivity index (χ1n) is 6.64. The summed E-state index contributed by atoms with van der Waals surface area (Å²) in [7, 11) is 0. The second-order valence-electron chi connectivity index (χ2n) is 4.50. The van der Waals surface area contributed by atoms with Gasteiger partial charge in [0.1, 0.15) is 0 Å². The molecular weight excluding hydrogens is 246 g/mol. The molecule has 2 rings (SSSR count). The molecular formula is C13H21N3OS. The third-order valence-electron chi connectivity index (χ3n) is 2.86. The molecule has 4 nitrogen and oxygen atoms in total. The van der Waals surface area contributed by atoms with Gasteiger partial charge in [-0.1, -0.05) is 18.7 Å². The van der Waals surface area contributed by atoms with Crippen molar-refractivity contribution in [1.29, 1.82) is 0 Å². The minimum Gasteiger partial charge on any atom is -0.377 e. The third-order valence-corrected chi connectivity index (χ3v) is 3.87. The molecule has 0 aliphatic carbocycles. The van der Waals surface area contributed by atoms with Crippen molar-refractivity contribution in [1.82, 2.24) is 15.3 Å². The molecule has 18 heavy (non-hydrogen) atoms. The molecule has 0 bridgehead atoms. The normalized spacial score (nSPS) is 19.3. The Bertz CT molecular complexity index is 339. The molecule has 1 aliphatic heterocycles. The monoisotopic (exact) mass is 267 g/mol. The van der Waals surface area contributed by atoms with Crippen molar-refractivity contribution in [2.24, 2.45) is 0 Å². The molecule has 0 aromatic carbocycles. The Morgan fingerprint density at radius 2 is 2.28 bits per heavy atom. The molecule has 1 saturated heterocycles. The van der Waals surface area contributed by atoms with Crippen molar-refractivity contribution in [3.63, 3.8) is 0 Å². The summed E-state index contributed by atoms with van der Waals surface area (Å²) < 4.78 is 5.58. The number of thioether (sulfide) groups is 1. The van der Waals surface area contributed by atoms with Crippen molar-refractivity contribution in [3.8, 4) is 0 Å². The molecule has 1 unspecified atom stereocenters. The number of hydrogen-bond acceptors (Lipinski definition) is 5. The van der Waals surface area contributed by atoms with Crippen molar-refractivity contribution in [3.05, 3.63) is 18.0 Å². The summed E-state index contributed by atoms with van der Waals surface area (Å²) in [6.07, 6.45) is 7.72. The highest BCUT2D eigenvalue weighted by molar-refractivity contribution is 7.99. The van der Waals surface area contributed by atoms with E-state index in [2.05, 4.69) is 22.2 Å². The molecule has 1 aliphatic rings. The van der Waals surface area contributed by atoms with Crippen LogP contribution in [0.15, 0.2) is 17.6 Å². The van der Waals surface area contributed by atoms with Crippen LogP contribution in [0.4, 0.5) is 0 Å². The van der Waals surface area contributed by atoms with Crippen LogP contribution >= 0.6 is 11.8 Å². The Morgan fingerprint density at radius 1 is 1.44 bits per heavy atom. The Labute approximate surface area is 113 Å². The zero-order valence-electron chi connectivity index (χ0n) is 10.9. The molecule has 1 atom stereocenters. The fourth-order valence-electron chi connectivity index (χ4n) is 1.86. The van der Waals surface area contributed by atoms with E-state index < -0.39 is 0 Å². The minimum atomic E-state index is 0.393.